The Hall–Kier alpha value is -2.53. The van der Waals surface area contributed by atoms with Gasteiger partial charge in [-0.25, -0.2) is 0 Å². The standard InChI is InChI=1S/C19H20ClN3O2/c1-12-10-13(20)8-9-14(12)21-11-17(24)23-16-7-5-4-6-15(16)22-18(25)19(23,2)3/h4-10,21H,11H2,1-3H3,(H,22,25). The van der Waals surface area contributed by atoms with Crippen molar-refractivity contribution in [3.05, 3.63) is 53.1 Å². The fourth-order valence-corrected chi connectivity index (χ4v) is 3.20. The topological polar surface area (TPSA) is 61.4 Å². The van der Waals surface area contributed by atoms with Gasteiger partial charge in [0.2, 0.25) is 11.8 Å². The third-order valence-electron chi connectivity index (χ3n) is 4.38. The number of aryl methyl sites for hydroxylation is 1. The molecule has 0 aromatic heterocycles. The number of hydrogen-bond donors (Lipinski definition) is 2. The van der Waals surface area contributed by atoms with E-state index in [-0.39, 0.29) is 18.4 Å². The quantitative estimate of drug-likeness (QED) is 0.877. The van der Waals surface area contributed by atoms with E-state index >= 15 is 0 Å². The van der Waals surface area contributed by atoms with Gasteiger partial charge in [-0.05, 0) is 56.7 Å². The van der Waals surface area contributed by atoms with E-state index in [9.17, 15) is 9.59 Å². The van der Waals surface area contributed by atoms with Crippen LogP contribution in [0.4, 0.5) is 17.1 Å². The first kappa shape index (κ1) is 17.3. The van der Waals surface area contributed by atoms with Crippen LogP contribution < -0.4 is 15.5 Å². The number of carbonyl (C=O) groups excluding carboxylic acids is 2. The molecule has 1 aliphatic rings. The molecule has 3 rings (SSSR count). The highest BCUT2D eigenvalue weighted by atomic mass is 35.5. The smallest absolute Gasteiger partial charge is 0.250 e. The average Bonchev–Trinajstić information content (AvgIpc) is 2.54. The van der Waals surface area contributed by atoms with E-state index in [1.54, 1.807) is 30.9 Å². The van der Waals surface area contributed by atoms with Gasteiger partial charge in [0.1, 0.15) is 5.54 Å². The van der Waals surface area contributed by atoms with Crippen molar-refractivity contribution in [3.63, 3.8) is 0 Å². The highest BCUT2D eigenvalue weighted by Gasteiger charge is 2.43. The molecule has 2 N–H and O–H groups in total. The third kappa shape index (κ3) is 3.20. The Labute approximate surface area is 152 Å². The number of amides is 2. The van der Waals surface area contributed by atoms with Crippen molar-refractivity contribution in [2.45, 2.75) is 26.3 Å². The van der Waals surface area contributed by atoms with Gasteiger partial charge in [0, 0.05) is 10.7 Å². The Morgan fingerprint density at radius 2 is 1.96 bits per heavy atom. The summed E-state index contributed by atoms with van der Waals surface area (Å²) in [5, 5.41) is 6.65. The lowest BCUT2D eigenvalue weighted by molar-refractivity contribution is -0.125. The predicted octanol–water partition coefficient (Wildman–Crippen LogP) is 3.82. The summed E-state index contributed by atoms with van der Waals surface area (Å²) in [6.45, 7) is 5.48. The zero-order chi connectivity index (χ0) is 18.2. The summed E-state index contributed by atoms with van der Waals surface area (Å²) in [6, 6.07) is 12.8. The van der Waals surface area contributed by atoms with E-state index in [0.717, 1.165) is 11.3 Å². The molecule has 0 saturated heterocycles. The van der Waals surface area contributed by atoms with Gasteiger partial charge in [0.25, 0.3) is 0 Å². The van der Waals surface area contributed by atoms with E-state index in [1.165, 1.54) is 0 Å². The molecule has 0 bridgehead atoms. The predicted molar refractivity (Wildman–Crippen MR) is 101 cm³/mol. The third-order valence-corrected chi connectivity index (χ3v) is 4.61. The van der Waals surface area contributed by atoms with Crippen LogP contribution in [0.25, 0.3) is 0 Å². The summed E-state index contributed by atoms with van der Waals surface area (Å²) in [5.41, 5.74) is 2.17. The van der Waals surface area contributed by atoms with E-state index in [1.807, 2.05) is 37.3 Å². The Morgan fingerprint density at radius 3 is 2.68 bits per heavy atom. The van der Waals surface area contributed by atoms with Crippen LogP contribution in [0.2, 0.25) is 5.02 Å². The van der Waals surface area contributed by atoms with Crippen LogP contribution in [-0.2, 0) is 9.59 Å². The Morgan fingerprint density at radius 1 is 1.24 bits per heavy atom. The lowest BCUT2D eigenvalue weighted by Gasteiger charge is -2.42. The van der Waals surface area contributed by atoms with Crippen molar-refractivity contribution in [1.29, 1.82) is 0 Å². The van der Waals surface area contributed by atoms with Crippen molar-refractivity contribution >= 4 is 40.5 Å². The van der Waals surface area contributed by atoms with Crippen LogP contribution in [-0.4, -0.2) is 23.9 Å². The number of benzene rings is 2. The molecule has 0 aliphatic carbocycles. The monoisotopic (exact) mass is 357 g/mol. The summed E-state index contributed by atoms with van der Waals surface area (Å²) >= 11 is 5.96. The largest absolute Gasteiger partial charge is 0.376 e. The molecule has 2 aromatic rings. The van der Waals surface area contributed by atoms with Gasteiger partial charge < -0.3 is 10.6 Å². The maximum absolute atomic E-state index is 12.9. The van der Waals surface area contributed by atoms with Crippen LogP contribution in [0, 0.1) is 6.92 Å². The molecule has 0 radical (unpaired) electrons. The molecule has 2 aromatic carbocycles. The first-order valence-electron chi connectivity index (χ1n) is 8.04. The van der Waals surface area contributed by atoms with Crippen molar-refractivity contribution in [3.8, 4) is 0 Å². The molecule has 0 atom stereocenters. The van der Waals surface area contributed by atoms with Gasteiger partial charge in [0.05, 0.1) is 17.9 Å². The molecule has 130 valence electrons. The average molecular weight is 358 g/mol. The highest BCUT2D eigenvalue weighted by molar-refractivity contribution is 6.30. The lowest BCUT2D eigenvalue weighted by atomic mass is 9.96. The van der Waals surface area contributed by atoms with E-state index in [4.69, 9.17) is 11.6 Å². The maximum Gasteiger partial charge on any atom is 0.250 e. The first-order chi connectivity index (χ1) is 11.8. The molecule has 5 nitrogen and oxygen atoms in total. The minimum absolute atomic E-state index is 0.0769. The normalized spacial score (nSPS) is 15.4. The highest BCUT2D eigenvalue weighted by Crippen LogP contribution is 2.36. The number of anilines is 3. The molecule has 25 heavy (non-hydrogen) atoms. The minimum Gasteiger partial charge on any atom is -0.376 e. The molecule has 0 saturated carbocycles. The van der Waals surface area contributed by atoms with Crippen molar-refractivity contribution in [1.82, 2.24) is 0 Å². The maximum atomic E-state index is 12.9. The molecule has 1 aliphatic heterocycles. The number of halogens is 1. The van der Waals surface area contributed by atoms with E-state index in [0.29, 0.717) is 16.4 Å². The second kappa shape index (κ2) is 6.41. The van der Waals surface area contributed by atoms with Gasteiger partial charge in [-0.15, -0.1) is 0 Å². The number of carbonyl (C=O) groups is 2. The molecule has 1 heterocycles. The number of para-hydroxylation sites is 2. The summed E-state index contributed by atoms with van der Waals surface area (Å²) in [6.07, 6.45) is 0. The Bertz CT molecular complexity index is 848. The molecular formula is C19H20ClN3O2. The first-order valence-corrected chi connectivity index (χ1v) is 8.42. The summed E-state index contributed by atoms with van der Waals surface area (Å²) in [4.78, 5) is 26.9. The fraction of sp³-hybridized carbons (Fsp3) is 0.263. The van der Waals surface area contributed by atoms with Gasteiger partial charge in [-0.3, -0.25) is 14.5 Å². The zero-order valence-electron chi connectivity index (χ0n) is 14.4. The second-order valence-electron chi connectivity index (χ2n) is 6.57. The number of rotatable bonds is 3. The molecule has 0 spiro atoms. The second-order valence-corrected chi connectivity index (χ2v) is 7.01. The number of nitrogens with one attached hydrogen (secondary N) is 2. The van der Waals surface area contributed by atoms with Crippen molar-refractivity contribution < 1.29 is 9.59 Å². The minimum atomic E-state index is -0.970. The van der Waals surface area contributed by atoms with Crippen LogP contribution >= 0.6 is 11.6 Å². The number of hydrogen-bond acceptors (Lipinski definition) is 3. The van der Waals surface area contributed by atoms with Crippen LogP contribution in [0.5, 0.6) is 0 Å². The summed E-state index contributed by atoms with van der Waals surface area (Å²) in [5.74, 6) is -0.385. The zero-order valence-corrected chi connectivity index (χ0v) is 15.1. The van der Waals surface area contributed by atoms with Crippen molar-refractivity contribution in [2.75, 3.05) is 22.1 Å². The number of fused-ring (bicyclic) bond motifs is 1. The Balaban J connectivity index is 1.86. The van der Waals surface area contributed by atoms with E-state index < -0.39 is 5.54 Å². The SMILES string of the molecule is Cc1cc(Cl)ccc1NCC(=O)N1c2ccccc2NC(=O)C1(C)C. The molecule has 6 heteroatoms. The van der Waals surface area contributed by atoms with Gasteiger partial charge in [-0.1, -0.05) is 23.7 Å². The van der Waals surface area contributed by atoms with Crippen LogP contribution in [0.1, 0.15) is 19.4 Å². The lowest BCUT2D eigenvalue weighted by Crippen LogP contribution is -2.59. The van der Waals surface area contributed by atoms with Crippen LogP contribution in [0.3, 0.4) is 0 Å². The van der Waals surface area contributed by atoms with Crippen LogP contribution in [0.15, 0.2) is 42.5 Å². The summed E-state index contributed by atoms with van der Waals surface area (Å²) < 4.78 is 0. The van der Waals surface area contributed by atoms with E-state index in [2.05, 4.69) is 10.6 Å². The molecular weight excluding hydrogens is 338 g/mol. The Kier molecular flexibility index (Phi) is 4.43. The van der Waals surface area contributed by atoms with Gasteiger partial charge in [-0.2, -0.15) is 0 Å². The van der Waals surface area contributed by atoms with Gasteiger partial charge >= 0.3 is 0 Å². The number of nitrogens with zero attached hydrogens (tertiary/aromatic N) is 1. The molecule has 2 amide bonds. The molecule has 0 fully saturated rings. The summed E-state index contributed by atoms with van der Waals surface area (Å²) in [7, 11) is 0. The molecule has 0 unspecified atom stereocenters. The van der Waals surface area contributed by atoms with Crippen molar-refractivity contribution in [2.24, 2.45) is 0 Å². The fourth-order valence-electron chi connectivity index (χ4n) is 2.97. The van der Waals surface area contributed by atoms with Gasteiger partial charge in [0.15, 0.2) is 0 Å².